The normalized spacial score (nSPS) is 28.1. The number of benzene rings is 2. The standard InChI is InChI=1S/C18H17BrO/c19-17-8-7-15(13-3-1-2-4-14(13)17)18(20)16-10-11-5-6-12(16)9-11/h1-4,7-8,11-12,16H,5-6,9-10H2. The van der Waals surface area contributed by atoms with Gasteiger partial charge < -0.3 is 0 Å². The first-order valence-corrected chi connectivity index (χ1v) is 8.25. The number of halogens is 1. The van der Waals surface area contributed by atoms with Crippen molar-refractivity contribution >= 4 is 32.5 Å². The molecule has 0 spiro atoms. The maximum Gasteiger partial charge on any atom is 0.166 e. The van der Waals surface area contributed by atoms with Gasteiger partial charge in [0.2, 0.25) is 0 Å². The molecular formula is C18H17BrO. The average molecular weight is 329 g/mol. The van der Waals surface area contributed by atoms with E-state index in [1.165, 1.54) is 19.3 Å². The van der Waals surface area contributed by atoms with Crippen molar-refractivity contribution in [1.82, 2.24) is 0 Å². The van der Waals surface area contributed by atoms with Crippen LogP contribution in [-0.2, 0) is 0 Å². The molecule has 1 nitrogen and oxygen atoms in total. The predicted octanol–water partition coefficient (Wildman–Crippen LogP) is 5.22. The molecule has 2 fully saturated rings. The average Bonchev–Trinajstić information content (AvgIpc) is 3.10. The molecule has 0 N–H and O–H groups in total. The van der Waals surface area contributed by atoms with Crippen molar-refractivity contribution in [3.63, 3.8) is 0 Å². The topological polar surface area (TPSA) is 17.1 Å². The van der Waals surface area contributed by atoms with Gasteiger partial charge in [0.1, 0.15) is 0 Å². The second-order valence-electron chi connectivity index (χ2n) is 6.29. The van der Waals surface area contributed by atoms with Crippen molar-refractivity contribution in [2.45, 2.75) is 25.7 Å². The molecule has 2 aliphatic carbocycles. The summed E-state index contributed by atoms with van der Waals surface area (Å²) in [5, 5.41) is 2.23. The molecule has 0 radical (unpaired) electrons. The van der Waals surface area contributed by atoms with Crippen LogP contribution in [0.25, 0.3) is 10.8 Å². The van der Waals surface area contributed by atoms with Crippen molar-refractivity contribution in [2.75, 3.05) is 0 Å². The van der Waals surface area contributed by atoms with Gasteiger partial charge in [0.15, 0.2) is 5.78 Å². The molecule has 2 bridgehead atoms. The molecule has 2 heteroatoms. The molecular weight excluding hydrogens is 312 g/mol. The molecule has 3 atom stereocenters. The van der Waals surface area contributed by atoms with Gasteiger partial charge in [-0.05, 0) is 54.0 Å². The summed E-state index contributed by atoms with van der Waals surface area (Å²) in [5.41, 5.74) is 0.918. The summed E-state index contributed by atoms with van der Waals surface area (Å²) in [7, 11) is 0. The number of hydrogen-bond acceptors (Lipinski definition) is 1. The van der Waals surface area contributed by atoms with Crippen LogP contribution >= 0.6 is 15.9 Å². The summed E-state index contributed by atoms with van der Waals surface area (Å²) >= 11 is 3.58. The van der Waals surface area contributed by atoms with Gasteiger partial charge in [0.25, 0.3) is 0 Å². The smallest absolute Gasteiger partial charge is 0.166 e. The van der Waals surface area contributed by atoms with Crippen molar-refractivity contribution in [3.05, 3.63) is 46.4 Å². The van der Waals surface area contributed by atoms with Crippen molar-refractivity contribution in [2.24, 2.45) is 17.8 Å². The summed E-state index contributed by atoms with van der Waals surface area (Å²) in [4.78, 5) is 12.9. The second kappa shape index (κ2) is 4.70. The minimum atomic E-state index is 0.276. The number of fused-ring (bicyclic) bond motifs is 3. The Kier molecular flexibility index (Phi) is 2.95. The van der Waals surface area contributed by atoms with Crippen LogP contribution in [-0.4, -0.2) is 5.78 Å². The van der Waals surface area contributed by atoms with E-state index in [0.717, 1.165) is 33.1 Å². The van der Waals surface area contributed by atoms with Gasteiger partial charge in [0, 0.05) is 16.0 Å². The molecule has 0 aromatic heterocycles. The van der Waals surface area contributed by atoms with E-state index in [9.17, 15) is 4.79 Å². The van der Waals surface area contributed by atoms with Gasteiger partial charge in [-0.25, -0.2) is 0 Å². The summed E-state index contributed by atoms with van der Waals surface area (Å²) in [6.07, 6.45) is 5.00. The lowest BCUT2D eigenvalue weighted by atomic mass is 9.82. The quantitative estimate of drug-likeness (QED) is 0.690. The number of rotatable bonds is 2. The molecule has 0 amide bonds. The molecule has 0 aliphatic heterocycles. The number of carbonyl (C=O) groups excluding carboxylic acids is 1. The highest BCUT2D eigenvalue weighted by atomic mass is 79.9. The highest BCUT2D eigenvalue weighted by Crippen LogP contribution is 2.49. The zero-order valence-electron chi connectivity index (χ0n) is 11.3. The zero-order valence-corrected chi connectivity index (χ0v) is 12.9. The van der Waals surface area contributed by atoms with Crippen LogP contribution in [0.2, 0.25) is 0 Å². The van der Waals surface area contributed by atoms with Gasteiger partial charge >= 0.3 is 0 Å². The lowest BCUT2D eigenvalue weighted by Crippen LogP contribution is -2.21. The summed E-state index contributed by atoms with van der Waals surface area (Å²) < 4.78 is 1.07. The Hall–Kier alpha value is -1.15. The molecule has 4 rings (SSSR count). The Morgan fingerprint density at radius 1 is 1.00 bits per heavy atom. The summed E-state index contributed by atoms with van der Waals surface area (Å²) in [6, 6.07) is 12.2. The second-order valence-corrected chi connectivity index (χ2v) is 7.14. The van der Waals surface area contributed by atoms with Crippen LogP contribution in [0.4, 0.5) is 0 Å². The molecule has 2 aromatic rings. The van der Waals surface area contributed by atoms with Gasteiger partial charge in [-0.3, -0.25) is 4.79 Å². The lowest BCUT2D eigenvalue weighted by molar-refractivity contribution is 0.0876. The first kappa shape index (κ1) is 12.6. The van der Waals surface area contributed by atoms with Crippen LogP contribution in [0.15, 0.2) is 40.9 Å². The van der Waals surface area contributed by atoms with Crippen LogP contribution < -0.4 is 0 Å². The number of ketones is 1. The van der Waals surface area contributed by atoms with E-state index in [0.29, 0.717) is 11.7 Å². The summed E-state index contributed by atoms with van der Waals surface area (Å²) in [6.45, 7) is 0. The van der Waals surface area contributed by atoms with E-state index in [1.807, 2.05) is 24.3 Å². The zero-order chi connectivity index (χ0) is 13.7. The molecule has 2 aromatic carbocycles. The minimum Gasteiger partial charge on any atom is -0.294 e. The van der Waals surface area contributed by atoms with E-state index < -0.39 is 0 Å². The largest absolute Gasteiger partial charge is 0.294 e. The number of hydrogen-bond donors (Lipinski definition) is 0. The van der Waals surface area contributed by atoms with Crippen molar-refractivity contribution < 1.29 is 4.79 Å². The van der Waals surface area contributed by atoms with E-state index in [2.05, 4.69) is 28.1 Å². The van der Waals surface area contributed by atoms with Crippen LogP contribution in [0.1, 0.15) is 36.0 Å². The number of Topliss-reactive ketones (excluding diaryl/α,β-unsaturated/α-hetero) is 1. The molecule has 0 heterocycles. The molecule has 2 aliphatic rings. The Morgan fingerprint density at radius 2 is 1.80 bits per heavy atom. The first-order chi connectivity index (χ1) is 9.74. The monoisotopic (exact) mass is 328 g/mol. The highest BCUT2D eigenvalue weighted by molar-refractivity contribution is 9.10. The van der Waals surface area contributed by atoms with E-state index in [1.54, 1.807) is 0 Å². The van der Waals surface area contributed by atoms with Gasteiger partial charge in [-0.15, -0.1) is 0 Å². The predicted molar refractivity (Wildman–Crippen MR) is 84.9 cm³/mol. The van der Waals surface area contributed by atoms with Gasteiger partial charge in [-0.2, -0.15) is 0 Å². The first-order valence-electron chi connectivity index (χ1n) is 7.45. The molecule has 0 saturated heterocycles. The molecule has 102 valence electrons. The highest BCUT2D eigenvalue weighted by Gasteiger charge is 2.43. The maximum absolute atomic E-state index is 12.9. The molecule has 3 unspecified atom stereocenters. The number of carbonyl (C=O) groups is 1. The minimum absolute atomic E-state index is 0.276. The van der Waals surface area contributed by atoms with Crippen molar-refractivity contribution in [1.29, 1.82) is 0 Å². The van der Waals surface area contributed by atoms with Crippen LogP contribution in [0.3, 0.4) is 0 Å². The van der Waals surface area contributed by atoms with Gasteiger partial charge in [-0.1, -0.05) is 46.6 Å². The Labute approximate surface area is 127 Å². The Bertz CT molecular complexity index is 691. The lowest BCUT2D eigenvalue weighted by Gasteiger charge is -2.21. The maximum atomic E-state index is 12.9. The molecule has 2 saturated carbocycles. The van der Waals surface area contributed by atoms with E-state index in [-0.39, 0.29) is 5.92 Å². The fourth-order valence-electron chi connectivity index (χ4n) is 4.24. The fraction of sp³-hybridized carbons (Fsp3) is 0.389. The third-order valence-electron chi connectivity index (χ3n) is 5.21. The summed E-state index contributed by atoms with van der Waals surface area (Å²) in [5.74, 6) is 2.12. The van der Waals surface area contributed by atoms with Crippen molar-refractivity contribution in [3.8, 4) is 0 Å². The fourth-order valence-corrected chi connectivity index (χ4v) is 4.72. The van der Waals surface area contributed by atoms with E-state index in [4.69, 9.17) is 0 Å². The van der Waals surface area contributed by atoms with Crippen LogP contribution in [0, 0.1) is 17.8 Å². The Morgan fingerprint density at radius 3 is 2.50 bits per heavy atom. The van der Waals surface area contributed by atoms with E-state index >= 15 is 0 Å². The SMILES string of the molecule is O=C(c1ccc(Br)c2ccccc12)C1CC2CCC1C2. The molecule has 20 heavy (non-hydrogen) atoms. The third kappa shape index (κ3) is 1.85. The third-order valence-corrected chi connectivity index (χ3v) is 5.90. The Balaban J connectivity index is 1.79. The van der Waals surface area contributed by atoms with Crippen LogP contribution in [0.5, 0.6) is 0 Å². The van der Waals surface area contributed by atoms with Gasteiger partial charge in [0.05, 0.1) is 0 Å².